The van der Waals surface area contributed by atoms with Gasteiger partial charge in [-0.15, -0.1) is 11.3 Å². The third-order valence-electron chi connectivity index (χ3n) is 5.87. The first-order valence-electron chi connectivity index (χ1n) is 9.62. The maximum absolute atomic E-state index is 9.52. The van der Waals surface area contributed by atoms with E-state index in [1.54, 1.807) is 11.3 Å². The Morgan fingerprint density at radius 2 is 1.70 bits per heavy atom. The smallest absolute Gasteiger partial charge is 0.167 e. The molecule has 6 heteroatoms. The zero-order valence-electron chi connectivity index (χ0n) is 16.3. The van der Waals surface area contributed by atoms with Crippen molar-refractivity contribution in [3.63, 3.8) is 0 Å². The van der Waals surface area contributed by atoms with Crippen LogP contribution in [0.4, 0.5) is 16.4 Å². The molecule has 3 aliphatic rings. The Hall–Kier alpha value is -3.74. The van der Waals surface area contributed by atoms with Crippen molar-refractivity contribution in [1.29, 1.82) is 10.5 Å². The second-order valence-corrected chi connectivity index (χ2v) is 9.19. The summed E-state index contributed by atoms with van der Waals surface area (Å²) >= 11 is 1.58. The van der Waals surface area contributed by atoms with Gasteiger partial charge in [0.25, 0.3) is 0 Å². The summed E-state index contributed by atoms with van der Waals surface area (Å²) in [7, 11) is 0. The topological polar surface area (TPSA) is 69.3 Å². The normalized spacial score (nSPS) is 16.1. The lowest BCUT2D eigenvalue weighted by Crippen LogP contribution is -2.20. The molecular formula is C24H15N3O2S. The fraction of sp³-hybridized carbons (Fsp3) is 0.167. The zero-order chi connectivity index (χ0) is 20.6. The number of allylic oxidation sites excluding steroid dienone is 2. The Morgan fingerprint density at radius 1 is 1.00 bits per heavy atom. The van der Waals surface area contributed by atoms with Gasteiger partial charge in [-0.1, -0.05) is 32.0 Å². The molecule has 1 aromatic heterocycles. The van der Waals surface area contributed by atoms with Gasteiger partial charge in [0.15, 0.2) is 23.0 Å². The van der Waals surface area contributed by atoms with Gasteiger partial charge in [-0.2, -0.15) is 10.5 Å². The zero-order valence-corrected chi connectivity index (χ0v) is 17.1. The number of anilines is 3. The van der Waals surface area contributed by atoms with Crippen LogP contribution in [-0.4, -0.2) is 0 Å². The average molecular weight is 409 g/mol. The molecule has 3 heterocycles. The number of hydrogen-bond donors (Lipinski definition) is 0. The van der Waals surface area contributed by atoms with Crippen LogP contribution in [0.15, 0.2) is 48.0 Å². The van der Waals surface area contributed by atoms with E-state index in [4.69, 9.17) is 9.47 Å². The van der Waals surface area contributed by atoms with Crippen molar-refractivity contribution in [3.8, 4) is 35.1 Å². The molecule has 0 unspecified atom stereocenters. The molecule has 0 radical (unpaired) electrons. The van der Waals surface area contributed by atoms with Gasteiger partial charge in [0.1, 0.15) is 28.4 Å². The van der Waals surface area contributed by atoms with E-state index in [-0.39, 0.29) is 11.0 Å². The minimum absolute atomic E-state index is 0.181. The molecule has 0 bridgehead atoms. The van der Waals surface area contributed by atoms with Gasteiger partial charge in [-0.05, 0) is 41.7 Å². The van der Waals surface area contributed by atoms with Gasteiger partial charge in [-0.25, -0.2) is 0 Å². The molecule has 144 valence electrons. The molecule has 0 saturated heterocycles. The third kappa shape index (κ3) is 2.04. The summed E-state index contributed by atoms with van der Waals surface area (Å²) in [6.45, 7) is 4.28. The Kier molecular flexibility index (Phi) is 3.23. The minimum Gasteiger partial charge on any atom is -0.453 e. The van der Waals surface area contributed by atoms with Crippen molar-refractivity contribution in [2.75, 3.05) is 4.90 Å². The second-order valence-electron chi connectivity index (χ2n) is 8.19. The first kappa shape index (κ1) is 17.1. The maximum atomic E-state index is 9.52. The monoisotopic (exact) mass is 409 g/mol. The van der Waals surface area contributed by atoms with E-state index < -0.39 is 0 Å². The average Bonchev–Trinajstić information content (AvgIpc) is 3.25. The largest absolute Gasteiger partial charge is 0.453 e. The van der Waals surface area contributed by atoms with Crippen LogP contribution in [0, 0.1) is 22.7 Å². The van der Waals surface area contributed by atoms with E-state index in [1.807, 2.05) is 42.5 Å². The van der Waals surface area contributed by atoms with Crippen LogP contribution in [0.3, 0.4) is 0 Å². The molecule has 30 heavy (non-hydrogen) atoms. The Labute approximate surface area is 177 Å². The Balaban J connectivity index is 1.68. The fourth-order valence-corrected chi connectivity index (χ4v) is 6.10. The summed E-state index contributed by atoms with van der Waals surface area (Å²) in [5.41, 5.74) is 3.66. The van der Waals surface area contributed by atoms with Crippen LogP contribution in [-0.2, 0) is 5.41 Å². The molecule has 0 spiro atoms. The second kappa shape index (κ2) is 5.66. The predicted octanol–water partition coefficient (Wildman–Crippen LogP) is 6.91. The Morgan fingerprint density at radius 3 is 2.47 bits per heavy atom. The first-order valence-corrected chi connectivity index (χ1v) is 10.4. The lowest BCUT2D eigenvalue weighted by molar-refractivity contribution is 0.434. The van der Waals surface area contributed by atoms with Gasteiger partial charge in [0.2, 0.25) is 0 Å². The number of hydrogen-bond acceptors (Lipinski definition) is 6. The number of rotatable bonds is 0. The van der Waals surface area contributed by atoms with Crippen molar-refractivity contribution < 1.29 is 9.47 Å². The predicted molar refractivity (Wildman–Crippen MR) is 115 cm³/mol. The standard InChI is InChI=1S/C24H15N3O2S/c1-24(2)10-14(13(11-25)12-26)22-19(24)21-23(30-22)27-15-6-3-4-7-16(15)28-17-8-5-9-18(29-21)20(17)27/h3-9H,10H2,1-2H3. The van der Waals surface area contributed by atoms with Crippen molar-refractivity contribution in [2.45, 2.75) is 25.7 Å². The van der Waals surface area contributed by atoms with E-state index in [9.17, 15) is 10.5 Å². The fourth-order valence-electron chi connectivity index (χ4n) is 4.62. The summed E-state index contributed by atoms with van der Waals surface area (Å²) < 4.78 is 12.6. The highest BCUT2D eigenvalue weighted by Crippen LogP contribution is 2.66. The summed E-state index contributed by atoms with van der Waals surface area (Å²) in [5, 5.41) is 20.0. The number of benzene rings is 2. The molecule has 2 aliphatic heterocycles. The van der Waals surface area contributed by atoms with Gasteiger partial charge >= 0.3 is 0 Å². The molecule has 0 saturated carbocycles. The first-order chi connectivity index (χ1) is 14.5. The molecule has 1 aliphatic carbocycles. The van der Waals surface area contributed by atoms with Crippen LogP contribution in [0.25, 0.3) is 5.57 Å². The van der Waals surface area contributed by atoms with Gasteiger partial charge < -0.3 is 9.47 Å². The lowest BCUT2D eigenvalue weighted by atomic mass is 9.86. The van der Waals surface area contributed by atoms with E-state index >= 15 is 0 Å². The summed E-state index contributed by atoms with van der Waals surface area (Å²) in [6, 6.07) is 17.9. The van der Waals surface area contributed by atoms with Crippen LogP contribution < -0.4 is 14.4 Å². The number of nitrogens with zero attached hydrogens (tertiary/aromatic N) is 3. The van der Waals surface area contributed by atoms with E-state index in [2.05, 4.69) is 30.9 Å². The highest BCUT2D eigenvalue weighted by Gasteiger charge is 2.46. The van der Waals surface area contributed by atoms with Gasteiger partial charge in [0.05, 0.1) is 5.69 Å². The molecule has 2 aromatic carbocycles. The van der Waals surface area contributed by atoms with Crippen LogP contribution in [0.1, 0.15) is 30.7 Å². The molecular weight excluding hydrogens is 394 g/mol. The number of thiophene rings is 1. The quantitative estimate of drug-likeness (QED) is 0.260. The van der Waals surface area contributed by atoms with Crippen LogP contribution >= 0.6 is 11.3 Å². The van der Waals surface area contributed by atoms with Crippen molar-refractivity contribution in [1.82, 2.24) is 0 Å². The minimum atomic E-state index is -0.241. The molecule has 3 aromatic rings. The molecule has 5 nitrogen and oxygen atoms in total. The molecule has 6 rings (SSSR count). The van der Waals surface area contributed by atoms with Crippen LogP contribution in [0.5, 0.6) is 23.0 Å². The van der Waals surface area contributed by atoms with Crippen molar-refractivity contribution in [2.24, 2.45) is 0 Å². The van der Waals surface area contributed by atoms with Crippen molar-refractivity contribution in [3.05, 3.63) is 58.5 Å². The van der Waals surface area contributed by atoms with Gasteiger partial charge in [-0.3, -0.25) is 4.90 Å². The molecule has 0 amide bonds. The molecule has 0 fully saturated rings. The number of para-hydroxylation sites is 3. The summed E-state index contributed by atoms with van der Waals surface area (Å²) in [4.78, 5) is 3.17. The number of fused-ring (bicyclic) bond motifs is 6. The van der Waals surface area contributed by atoms with Gasteiger partial charge in [0, 0.05) is 10.4 Å². The summed E-state index contributed by atoms with van der Waals surface area (Å²) in [6.07, 6.45) is 0.647. The van der Waals surface area contributed by atoms with E-state index in [0.717, 1.165) is 55.4 Å². The van der Waals surface area contributed by atoms with Crippen LogP contribution in [0.2, 0.25) is 0 Å². The van der Waals surface area contributed by atoms with E-state index in [0.29, 0.717) is 6.42 Å². The highest BCUT2D eigenvalue weighted by atomic mass is 32.1. The number of ether oxygens (including phenoxy) is 2. The third-order valence-corrected chi connectivity index (χ3v) is 7.08. The molecule has 0 N–H and O–H groups in total. The van der Waals surface area contributed by atoms with E-state index in [1.165, 1.54) is 0 Å². The summed E-state index contributed by atoms with van der Waals surface area (Å²) in [5.74, 6) is 3.08. The SMILES string of the molecule is CC1(C)CC(=C(C#N)C#N)c2sc3c(c21)Oc1cccc2c1N3c1ccccc1O2. The lowest BCUT2D eigenvalue weighted by Gasteiger charge is -2.37. The van der Waals surface area contributed by atoms with Crippen molar-refractivity contribution >= 4 is 33.3 Å². The highest BCUT2D eigenvalue weighted by molar-refractivity contribution is 7.18. The Bertz CT molecular complexity index is 1370. The molecule has 0 atom stereocenters. The number of nitriles is 2. The maximum Gasteiger partial charge on any atom is 0.167 e.